The Morgan fingerprint density at radius 1 is 1.42 bits per heavy atom. The molecular weight excluding hydrogens is 272 g/mol. The van der Waals surface area contributed by atoms with E-state index in [2.05, 4.69) is 5.32 Å². The maximum Gasteiger partial charge on any atom is 0.317 e. The van der Waals surface area contributed by atoms with E-state index in [0.29, 0.717) is 19.4 Å². The summed E-state index contributed by atoms with van der Waals surface area (Å²) in [6.07, 6.45) is 1.22. The van der Waals surface area contributed by atoms with Gasteiger partial charge in [0.15, 0.2) is 9.84 Å². The molecule has 110 valence electrons. The number of sulfone groups is 1. The molecule has 1 aliphatic rings. The van der Waals surface area contributed by atoms with E-state index in [1.54, 1.807) is 6.92 Å². The van der Waals surface area contributed by atoms with Crippen LogP contribution in [0.2, 0.25) is 0 Å². The summed E-state index contributed by atoms with van der Waals surface area (Å²) < 4.78 is 22.5. The minimum absolute atomic E-state index is 0.0493. The molecule has 1 heterocycles. The highest BCUT2D eigenvalue weighted by molar-refractivity contribution is 7.91. The van der Waals surface area contributed by atoms with Gasteiger partial charge in [0.1, 0.15) is 0 Å². The van der Waals surface area contributed by atoms with Crippen molar-refractivity contribution in [2.24, 2.45) is 5.92 Å². The summed E-state index contributed by atoms with van der Waals surface area (Å²) in [5, 5.41) is 11.4. The number of rotatable bonds is 5. The van der Waals surface area contributed by atoms with Gasteiger partial charge in [-0.25, -0.2) is 13.2 Å². The Hall–Kier alpha value is -1.31. The molecule has 2 N–H and O–H groups in total. The summed E-state index contributed by atoms with van der Waals surface area (Å²) in [6, 6.07) is -0.391. The van der Waals surface area contributed by atoms with Gasteiger partial charge in [-0.3, -0.25) is 4.79 Å². The van der Waals surface area contributed by atoms with Gasteiger partial charge >= 0.3 is 12.0 Å². The first kappa shape index (κ1) is 15.7. The lowest BCUT2D eigenvalue weighted by Gasteiger charge is -2.30. The van der Waals surface area contributed by atoms with Crippen LogP contribution in [0.25, 0.3) is 0 Å². The second-order valence-corrected chi connectivity index (χ2v) is 7.06. The summed E-state index contributed by atoms with van der Waals surface area (Å²) in [4.78, 5) is 24.1. The van der Waals surface area contributed by atoms with Crippen LogP contribution in [0.4, 0.5) is 4.79 Å². The van der Waals surface area contributed by atoms with Crippen molar-refractivity contribution in [2.45, 2.75) is 19.8 Å². The van der Waals surface area contributed by atoms with E-state index in [1.807, 2.05) is 0 Å². The zero-order valence-electron chi connectivity index (χ0n) is 11.0. The zero-order valence-corrected chi connectivity index (χ0v) is 11.8. The van der Waals surface area contributed by atoms with Crippen molar-refractivity contribution in [3.63, 3.8) is 0 Å². The number of carbonyl (C=O) groups excluding carboxylic acids is 1. The maximum absolute atomic E-state index is 11.8. The van der Waals surface area contributed by atoms with E-state index in [1.165, 1.54) is 4.90 Å². The van der Waals surface area contributed by atoms with Crippen molar-refractivity contribution in [1.29, 1.82) is 0 Å². The number of urea groups is 1. The van der Waals surface area contributed by atoms with Crippen LogP contribution in [0.3, 0.4) is 0 Å². The molecule has 8 heteroatoms. The highest BCUT2D eigenvalue weighted by Gasteiger charge is 2.27. The Morgan fingerprint density at radius 3 is 2.68 bits per heavy atom. The molecule has 0 unspecified atom stereocenters. The van der Waals surface area contributed by atoms with Gasteiger partial charge in [-0.2, -0.15) is 0 Å². The van der Waals surface area contributed by atoms with Crippen molar-refractivity contribution in [3.05, 3.63) is 0 Å². The number of aliphatic carboxylic acids is 1. The van der Waals surface area contributed by atoms with Gasteiger partial charge in [0.05, 0.1) is 11.7 Å². The predicted octanol–water partition coefficient (Wildman–Crippen LogP) is -0.0727. The number of carboxylic acid groups (broad SMARTS) is 1. The van der Waals surface area contributed by atoms with Crippen LogP contribution in [-0.2, 0) is 14.6 Å². The van der Waals surface area contributed by atoms with Crippen molar-refractivity contribution in [2.75, 3.05) is 31.1 Å². The number of nitrogens with one attached hydrogen (secondary N) is 1. The molecule has 0 aromatic heterocycles. The second-order valence-electron chi connectivity index (χ2n) is 4.59. The van der Waals surface area contributed by atoms with Gasteiger partial charge in [0.2, 0.25) is 0 Å². The van der Waals surface area contributed by atoms with Crippen LogP contribution in [-0.4, -0.2) is 61.6 Å². The van der Waals surface area contributed by atoms with Crippen LogP contribution in [0.15, 0.2) is 0 Å². The van der Waals surface area contributed by atoms with Gasteiger partial charge in [0, 0.05) is 25.4 Å². The molecule has 1 aliphatic heterocycles. The lowest BCUT2D eigenvalue weighted by Crippen LogP contribution is -2.47. The fraction of sp³-hybridized carbons (Fsp3) is 0.818. The molecule has 7 nitrogen and oxygen atoms in total. The lowest BCUT2D eigenvalue weighted by atomic mass is 9.99. The molecule has 1 saturated heterocycles. The Balaban J connectivity index is 2.39. The molecule has 1 rings (SSSR count). The number of likely N-dealkylation sites (tertiary alicyclic amines) is 1. The van der Waals surface area contributed by atoms with Gasteiger partial charge in [-0.15, -0.1) is 0 Å². The van der Waals surface area contributed by atoms with E-state index in [9.17, 15) is 18.0 Å². The first-order valence-corrected chi connectivity index (χ1v) is 8.14. The number of piperidine rings is 1. The van der Waals surface area contributed by atoms with Crippen molar-refractivity contribution in [3.8, 4) is 0 Å². The topological polar surface area (TPSA) is 104 Å². The van der Waals surface area contributed by atoms with Crippen LogP contribution in [0.1, 0.15) is 19.8 Å². The molecule has 0 radical (unpaired) electrons. The van der Waals surface area contributed by atoms with E-state index in [4.69, 9.17) is 5.11 Å². The first-order valence-electron chi connectivity index (χ1n) is 6.31. The van der Waals surface area contributed by atoms with Crippen molar-refractivity contribution < 1.29 is 23.1 Å². The van der Waals surface area contributed by atoms with Crippen molar-refractivity contribution in [1.82, 2.24) is 10.2 Å². The van der Waals surface area contributed by atoms with Crippen LogP contribution in [0, 0.1) is 5.92 Å². The smallest absolute Gasteiger partial charge is 0.317 e. The zero-order chi connectivity index (χ0) is 14.5. The molecule has 0 bridgehead atoms. The Kier molecular flexibility index (Phi) is 5.59. The maximum atomic E-state index is 11.8. The average molecular weight is 292 g/mol. The molecule has 0 aromatic carbocycles. The Morgan fingerprint density at radius 2 is 2.11 bits per heavy atom. The Labute approximate surface area is 112 Å². The second kappa shape index (κ2) is 6.74. The van der Waals surface area contributed by atoms with Gasteiger partial charge in [0.25, 0.3) is 0 Å². The molecule has 1 fully saturated rings. The number of amides is 2. The van der Waals surface area contributed by atoms with Crippen molar-refractivity contribution >= 4 is 21.8 Å². The third-order valence-corrected chi connectivity index (χ3v) is 4.89. The number of carboxylic acids is 1. The molecule has 1 atom stereocenters. The van der Waals surface area contributed by atoms with E-state index in [0.717, 1.165) is 0 Å². The molecule has 2 amide bonds. The van der Waals surface area contributed by atoms with Gasteiger partial charge in [-0.05, 0) is 12.8 Å². The fourth-order valence-electron chi connectivity index (χ4n) is 1.93. The molecular formula is C11H20N2O5S. The monoisotopic (exact) mass is 292 g/mol. The summed E-state index contributed by atoms with van der Waals surface area (Å²) in [7, 11) is -3.10. The van der Waals surface area contributed by atoms with E-state index >= 15 is 0 Å². The standard InChI is InChI=1S/C11H20N2O5S/c1-2-19(17,18)7-5-12-11(16)13-6-3-4-9(8-13)10(14)15/h9H,2-8H2,1H3,(H,12,16)(H,14,15)/t9-/m1/s1. The average Bonchev–Trinajstić information content (AvgIpc) is 2.38. The third kappa shape index (κ3) is 5.06. The normalized spacial score (nSPS) is 20.1. The van der Waals surface area contributed by atoms with Crippen LogP contribution < -0.4 is 5.32 Å². The quantitative estimate of drug-likeness (QED) is 0.738. The van der Waals surface area contributed by atoms with Gasteiger partial charge < -0.3 is 15.3 Å². The highest BCUT2D eigenvalue weighted by Crippen LogP contribution is 2.16. The van der Waals surface area contributed by atoms with Crippen LogP contribution >= 0.6 is 0 Å². The minimum Gasteiger partial charge on any atom is -0.481 e. The SMILES string of the molecule is CCS(=O)(=O)CCNC(=O)N1CCC[C@@H](C(=O)O)C1. The highest BCUT2D eigenvalue weighted by atomic mass is 32.2. The predicted molar refractivity (Wildman–Crippen MR) is 69.7 cm³/mol. The molecule has 0 spiro atoms. The number of nitrogens with zero attached hydrogens (tertiary/aromatic N) is 1. The molecule has 19 heavy (non-hydrogen) atoms. The molecule has 0 aliphatic carbocycles. The summed E-state index contributed by atoms with van der Waals surface area (Å²) in [6.45, 7) is 2.31. The summed E-state index contributed by atoms with van der Waals surface area (Å²) in [5.74, 6) is -1.47. The summed E-state index contributed by atoms with van der Waals surface area (Å²) in [5.41, 5.74) is 0. The van der Waals surface area contributed by atoms with E-state index in [-0.39, 0.29) is 24.6 Å². The Bertz CT molecular complexity index is 434. The minimum atomic E-state index is -3.10. The molecule has 0 saturated carbocycles. The lowest BCUT2D eigenvalue weighted by molar-refractivity contribution is -0.143. The van der Waals surface area contributed by atoms with Gasteiger partial charge in [-0.1, -0.05) is 6.92 Å². The number of hydrogen-bond donors (Lipinski definition) is 2. The summed E-state index contributed by atoms with van der Waals surface area (Å²) >= 11 is 0. The number of hydrogen-bond acceptors (Lipinski definition) is 4. The fourth-order valence-corrected chi connectivity index (χ4v) is 2.63. The third-order valence-electron chi connectivity index (χ3n) is 3.19. The largest absolute Gasteiger partial charge is 0.481 e. The number of carbonyl (C=O) groups is 2. The first-order chi connectivity index (χ1) is 8.85. The van der Waals surface area contributed by atoms with Crippen LogP contribution in [0.5, 0.6) is 0 Å². The molecule has 0 aromatic rings. The van der Waals surface area contributed by atoms with E-state index < -0.39 is 27.8 Å².